The Morgan fingerprint density at radius 3 is 2.12 bits per heavy atom. The van der Waals surface area contributed by atoms with Gasteiger partial charge in [0, 0.05) is 13.0 Å². The quantitative estimate of drug-likeness (QED) is 0.440. The van der Waals surface area contributed by atoms with E-state index in [9.17, 15) is 9.59 Å². The normalized spacial score (nSPS) is 9.44. The number of carbonyl (C=O) groups is 2. The Balaban J connectivity index is 3.25. The Morgan fingerprint density at radius 1 is 1.12 bits per heavy atom. The number of rotatable bonds is 4. The molecule has 0 saturated carbocycles. The molecule has 0 unspecified atom stereocenters. The summed E-state index contributed by atoms with van der Waals surface area (Å²) in [6, 6.07) is 2.88. The Kier molecular flexibility index (Phi) is 3.88. The fraction of sp³-hybridized carbons (Fsp3) is 0.273. The number of methoxy groups -OCH3 is 2. The van der Waals surface area contributed by atoms with E-state index in [2.05, 4.69) is 0 Å². The summed E-state index contributed by atoms with van der Waals surface area (Å²) >= 11 is 0. The van der Waals surface area contributed by atoms with Crippen LogP contribution in [0.1, 0.15) is 17.3 Å². The van der Waals surface area contributed by atoms with Crippen LogP contribution in [0, 0.1) is 0 Å². The first-order valence-corrected chi connectivity index (χ1v) is 4.52. The minimum absolute atomic E-state index is 0.153. The Labute approximate surface area is 92.9 Å². The predicted octanol–water partition coefficient (Wildman–Crippen LogP) is 1.44. The highest BCUT2D eigenvalue weighted by atomic mass is 16.5. The van der Waals surface area contributed by atoms with Crippen molar-refractivity contribution in [3.05, 3.63) is 17.7 Å². The SMILES string of the molecule is COc1cc(C=O)c(OC(C)=O)cc1OC. The third-order valence-corrected chi connectivity index (χ3v) is 1.90. The van der Waals surface area contributed by atoms with Crippen LogP contribution < -0.4 is 14.2 Å². The molecule has 0 saturated heterocycles. The average Bonchev–Trinajstić information content (AvgIpc) is 2.27. The Bertz CT molecular complexity index is 411. The molecule has 0 radical (unpaired) electrons. The molecular formula is C11H12O5. The Morgan fingerprint density at radius 2 is 1.69 bits per heavy atom. The zero-order valence-electron chi connectivity index (χ0n) is 9.27. The van der Waals surface area contributed by atoms with Gasteiger partial charge in [-0.25, -0.2) is 0 Å². The molecule has 86 valence electrons. The number of ether oxygens (including phenoxy) is 3. The summed E-state index contributed by atoms with van der Waals surface area (Å²) in [6.45, 7) is 1.26. The summed E-state index contributed by atoms with van der Waals surface area (Å²) in [5.41, 5.74) is 0.229. The predicted molar refractivity (Wildman–Crippen MR) is 56.2 cm³/mol. The van der Waals surface area contributed by atoms with Crippen LogP contribution in [0.4, 0.5) is 0 Å². The van der Waals surface area contributed by atoms with E-state index in [1.165, 1.54) is 33.3 Å². The number of aldehydes is 1. The summed E-state index contributed by atoms with van der Waals surface area (Å²) in [5, 5.41) is 0. The molecule has 0 aromatic heterocycles. The fourth-order valence-corrected chi connectivity index (χ4v) is 1.21. The first-order chi connectivity index (χ1) is 7.62. The first kappa shape index (κ1) is 12.0. The van der Waals surface area contributed by atoms with Gasteiger partial charge < -0.3 is 14.2 Å². The lowest BCUT2D eigenvalue weighted by molar-refractivity contribution is -0.131. The van der Waals surface area contributed by atoms with Crippen LogP contribution in [0.3, 0.4) is 0 Å². The molecule has 0 atom stereocenters. The Hall–Kier alpha value is -2.04. The smallest absolute Gasteiger partial charge is 0.308 e. The molecule has 0 amide bonds. The molecule has 0 aliphatic rings. The zero-order valence-corrected chi connectivity index (χ0v) is 9.27. The third kappa shape index (κ3) is 2.50. The van der Waals surface area contributed by atoms with Gasteiger partial charge in [-0.15, -0.1) is 0 Å². The zero-order chi connectivity index (χ0) is 12.1. The lowest BCUT2D eigenvalue weighted by atomic mass is 10.2. The van der Waals surface area contributed by atoms with E-state index < -0.39 is 5.97 Å². The molecule has 0 spiro atoms. The third-order valence-electron chi connectivity index (χ3n) is 1.90. The number of hydrogen-bond acceptors (Lipinski definition) is 5. The van der Waals surface area contributed by atoms with Crippen molar-refractivity contribution in [3.63, 3.8) is 0 Å². The van der Waals surface area contributed by atoms with Crippen LogP contribution in [0.5, 0.6) is 17.2 Å². The van der Waals surface area contributed by atoms with Crippen LogP contribution in [-0.2, 0) is 4.79 Å². The molecule has 16 heavy (non-hydrogen) atoms. The minimum Gasteiger partial charge on any atom is -0.493 e. The molecule has 0 fully saturated rings. The number of esters is 1. The molecule has 1 aromatic rings. The topological polar surface area (TPSA) is 61.8 Å². The van der Waals surface area contributed by atoms with Crippen molar-refractivity contribution in [2.24, 2.45) is 0 Å². The van der Waals surface area contributed by atoms with Crippen molar-refractivity contribution in [3.8, 4) is 17.2 Å². The van der Waals surface area contributed by atoms with Crippen molar-refractivity contribution in [1.29, 1.82) is 0 Å². The van der Waals surface area contributed by atoms with Gasteiger partial charge in [-0.05, 0) is 6.07 Å². The summed E-state index contributed by atoms with van der Waals surface area (Å²) in [6.07, 6.45) is 0.584. The van der Waals surface area contributed by atoms with Gasteiger partial charge in [0.25, 0.3) is 0 Å². The highest BCUT2D eigenvalue weighted by molar-refractivity contribution is 5.83. The molecule has 5 heteroatoms. The first-order valence-electron chi connectivity index (χ1n) is 4.52. The van der Waals surface area contributed by atoms with E-state index in [0.717, 1.165) is 0 Å². The molecule has 0 bridgehead atoms. The van der Waals surface area contributed by atoms with Crippen molar-refractivity contribution in [1.82, 2.24) is 0 Å². The molecule has 0 aliphatic carbocycles. The van der Waals surface area contributed by atoms with Crippen LogP contribution >= 0.6 is 0 Å². The molecule has 0 heterocycles. The maximum Gasteiger partial charge on any atom is 0.308 e. The second-order valence-electron chi connectivity index (χ2n) is 2.96. The van der Waals surface area contributed by atoms with Gasteiger partial charge in [0.05, 0.1) is 19.8 Å². The van der Waals surface area contributed by atoms with Crippen LogP contribution in [-0.4, -0.2) is 26.5 Å². The van der Waals surface area contributed by atoms with Crippen molar-refractivity contribution in [2.75, 3.05) is 14.2 Å². The van der Waals surface area contributed by atoms with E-state index in [0.29, 0.717) is 17.8 Å². The van der Waals surface area contributed by atoms with E-state index in [1.807, 2.05) is 0 Å². The van der Waals surface area contributed by atoms with Crippen molar-refractivity contribution >= 4 is 12.3 Å². The molecule has 1 aromatic carbocycles. The molecule has 5 nitrogen and oxygen atoms in total. The van der Waals surface area contributed by atoms with Gasteiger partial charge in [0.2, 0.25) is 0 Å². The lowest BCUT2D eigenvalue weighted by Gasteiger charge is -2.11. The molecule has 1 rings (SSSR count). The summed E-state index contributed by atoms with van der Waals surface area (Å²) in [7, 11) is 2.91. The maximum absolute atomic E-state index is 10.8. The highest BCUT2D eigenvalue weighted by Gasteiger charge is 2.13. The van der Waals surface area contributed by atoms with E-state index >= 15 is 0 Å². The molecule has 0 N–H and O–H groups in total. The number of carbonyl (C=O) groups excluding carboxylic acids is 2. The van der Waals surface area contributed by atoms with Crippen LogP contribution in [0.25, 0.3) is 0 Å². The average molecular weight is 224 g/mol. The van der Waals surface area contributed by atoms with Gasteiger partial charge in [-0.3, -0.25) is 9.59 Å². The summed E-state index contributed by atoms with van der Waals surface area (Å²) in [4.78, 5) is 21.6. The summed E-state index contributed by atoms with van der Waals surface area (Å²) < 4.78 is 14.9. The minimum atomic E-state index is -0.504. The van der Waals surface area contributed by atoms with Crippen molar-refractivity contribution < 1.29 is 23.8 Å². The second kappa shape index (κ2) is 5.16. The van der Waals surface area contributed by atoms with E-state index in [1.54, 1.807) is 0 Å². The molecular weight excluding hydrogens is 212 g/mol. The van der Waals surface area contributed by atoms with Gasteiger partial charge in [-0.2, -0.15) is 0 Å². The largest absolute Gasteiger partial charge is 0.493 e. The number of hydrogen-bond donors (Lipinski definition) is 0. The van der Waals surface area contributed by atoms with Crippen LogP contribution in [0.2, 0.25) is 0 Å². The van der Waals surface area contributed by atoms with E-state index in [-0.39, 0.29) is 11.3 Å². The monoisotopic (exact) mass is 224 g/mol. The maximum atomic E-state index is 10.8. The molecule has 0 aliphatic heterocycles. The van der Waals surface area contributed by atoms with Gasteiger partial charge in [0.1, 0.15) is 5.75 Å². The standard InChI is InChI=1S/C11H12O5/c1-7(13)16-9-5-11(15-3)10(14-2)4-8(9)6-12/h4-6H,1-3H3. The number of benzene rings is 1. The second-order valence-corrected chi connectivity index (χ2v) is 2.96. The fourth-order valence-electron chi connectivity index (χ4n) is 1.21. The van der Waals surface area contributed by atoms with Crippen molar-refractivity contribution in [2.45, 2.75) is 6.92 Å². The van der Waals surface area contributed by atoms with Gasteiger partial charge in [0.15, 0.2) is 17.8 Å². The van der Waals surface area contributed by atoms with Gasteiger partial charge in [-0.1, -0.05) is 0 Å². The van der Waals surface area contributed by atoms with Crippen LogP contribution in [0.15, 0.2) is 12.1 Å². The summed E-state index contributed by atoms with van der Waals surface area (Å²) in [5.74, 6) is 0.445. The lowest BCUT2D eigenvalue weighted by Crippen LogP contribution is -2.04. The van der Waals surface area contributed by atoms with Gasteiger partial charge >= 0.3 is 5.97 Å². The van der Waals surface area contributed by atoms with E-state index in [4.69, 9.17) is 14.2 Å². The highest BCUT2D eigenvalue weighted by Crippen LogP contribution is 2.33.